The molecule has 0 atom stereocenters. The van der Waals surface area contributed by atoms with Crippen molar-refractivity contribution < 1.29 is 9.47 Å². The fourth-order valence-corrected chi connectivity index (χ4v) is 14.7. The van der Waals surface area contributed by atoms with Gasteiger partial charge in [0, 0.05) is 49.8 Å². The van der Waals surface area contributed by atoms with Gasteiger partial charge < -0.3 is 9.47 Å². The van der Waals surface area contributed by atoms with Crippen molar-refractivity contribution in [3.05, 3.63) is 57.3 Å². The molecule has 0 aliphatic heterocycles. The van der Waals surface area contributed by atoms with E-state index in [4.69, 9.17) is 9.47 Å². The van der Waals surface area contributed by atoms with Gasteiger partial charge in [0.05, 0.1) is 13.2 Å². The summed E-state index contributed by atoms with van der Waals surface area (Å²) in [5.41, 5.74) is 5.50. The number of unbranched alkanes of at least 4 members (excludes halogenated alkanes) is 24. The zero-order chi connectivity index (χ0) is 48.4. The largest absolute Gasteiger partial charge is 0.493 e. The topological polar surface area (TPSA) is 18.5 Å². The minimum absolute atomic E-state index is 0.501. The maximum Gasteiger partial charge on any atom is 0.128 e. The number of hydrogen-bond donors (Lipinski definition) is 0. The molecule has 4 aromatic heterocycles. The first-order valence-electron chi connectivity index (χ1n) is 28.5. The fourth-order valence-electron chi connectivity index (χ4n) is 9.68. The lowest BCUT2D eigenvalue weighted by Gasteiger charge is -2.17. The van der Waals surface area contributed by atoms with Crippen LogP contribution in [0.15, 0.2) is 36.4 Å². The van der Waals surface area contributed by atoms with E-state index < -0.39 is 0 Å². The molecule has 0 bridgehead atoms. The van der Waals surface area contributed by atoms with Crippen molar-refractivity contribution in [1.82, 2.24) is 0 Å². The Hall–Kier alpha value is -2.12. The first-order valence-corrected chi connectivity index (χ1v) is 31.8. The molecule has 0 fully saturated rings. The molecule has 68 heavy (non-hydrogen) atoms. The molecule has 0 saturated heterocycles. The predicted molar refractivity (Wildman–Crippen MR) is 310 cm³/mol. The molecule has 0 aliphatic rings. The Bertz CT molecular complexity index is 2060. The van der Waals surface area contributed by atoms with Crippen LogP contribution in [0.2, 0.25) is 0 Å². The number of ether oxygens (including phenoxy) is 2. The Morgan fingerprint density at radius 3 is 1.24 bits per heavy atom. The fraction of sp³-hybridized carbons (Fsp3) is 0.677. The predicted octanol–water partition coefficient (Wildman–Crippen LogP) is 23.2. The molecule has 0 radical (unpaired) electrons. The van der Waals surface area contributed by atoms with E-state index in [1.54, 1.807) is 10.4 Å². The lowest BCUT2D eigenvalue weighted by Crippen LogP contribution is -2.02. The van der Waals surface area contributed by atoms with Crippen LogP contribution < -0.4 is 9.47 Å². The maximum absolute atomic E-state index is 7.05. The monoisotopic (exact) mass is 1000 g/mol. The molecule has 0 aliphatic carbocycles. The van der Waals surface area contributed by atoms with Crippen LogP contribution in [0.1, 0.15) is 268 Å². The van der Waals surface area contributed by atoms with Crippen LogP contribution in [0, 0.1) is 0 Å². The number of thiophene rings is 4. The Labute approximate surface area is 433 Å². The summed E-state index contributed by atoms with van der Waals surface area (Å²) >= 11 is 8.01. The summed E-state index contributed by atoms with van der Waals surface area (Å²) in [7, 11) is 0. The molecule has 5 rings (SSSR count). The van der Waals surface area contributed by atoms with Crippen LogP contribution in [0.4, 0.5) is 0 Å². The van der Waals surface area contributed by atoms with Gasteiger partial charge >= 0.3 is 0 Å². The molecule has 0 unspecified atom stereocenters. The number of aryl methyl sites for hydroxylation is 2. The van der Waals surface area contributed by atoms with Gasteiger partial charge in [-0.05, 0) is 97.9 Å². The average molecular weight is 1000 g/mol. The van der Waals surface area contributed by atoms with Gasteiger partial charge in [-0.3, -0.25) is 0 Å². The minimum atomic E-state index is 0.501. The third kappa shape index (κ3) is 18.8. The van der Waals surface area contributed by atoms with Gasteiger partial charge in [-0.15, -0.1) is 45.3 Å². The molecule has 5 aromatic rings. The molecule has 0 spiro atoms. The molecule has 0 saturated carbocycles. The van der Waals surface area contributed by atoms with Gasteiger partial charge in [0.2, 0.25) is 0 Å². The highest BCUT2D eigenvalue weighted by molar-refractivity contribution is 7.31. The van der Waals surface area contributed by atoms with Crippen molar-refractivity contribution in [1.29, 1.82) is 0 Å². The van der Waals surface area contributed by atoms with Gasteiger partial charge in [-0.25, -0.2) is 0 Å². The molecule has 1 aromatic carbocycles. The standard InChI is InChI=1S/C62H96O2S4/c1-9-13-17-21-25-27-29-33-37-49-41-56(67-61(49)48(7)8)51-43-54(64-40-36-32-24-20-16-12-4)52(44-53(51)63-39-35-31-23-19-15-11-3)57-42-50(38-34-30-28-26-22-18-14-10-2)62(68-57)60-46-59-58(66-60)45-55(65-59)47(5)6/h41-48H,9-40H2,1-8H3. The normalized spacial score (nSPS) is 11.9. The molecular formula is C62H96O2S4. The van der Waals surface area contributed by atoms with Crippen molar-refractivity contribution in [3.8, 4) is 42.1 Å². The van der Waals surface area contributed by atoms with Crippen LogP contribution in [0.3, 0.4) is 0 Å². The first kappa shape index (κ1) is 56.8. The summed E-state index contributed by atoms with van der Waals surface area (Å²) in [5.74, 6) is 3.14. The summed E-state index contributed by atoms with van der Waals surface area (Å²) in [4.78, 5) is 8.62. The smallest absolute Gasteiger partial charge is 0.128 e. The average Bonchev–Trinajstić information content (AvgIpc) is 4.14. The SMILES string of the molecule is CCCCCCCCCCc1cc(-c2cc(OCCCCCCCC)c(-c3cc(CCCCCCCCCC)c(C(C)C)s3)cc2OCCCCCCCC)sc1-c1cc2sc(C(C)C)cc2s1. The third-order valence-electron chi connectivity index (χ3n) is 13.9. The minimum Gasteiger partial charge on any atom is -0.493 e. The second kappa shape index (κ2) is 32.8. The molecule has 0 N–H and O–H groups in total. The highest BCUT2D eigenvalue weighted by atomic mass is 32.1. The molecule has 2 nitrogen and oxygen atoms in total. The van der Waals surface area contributed by atoms with Crippen molar-refractivity contribution in [2.75, 3.05) is 13.2 Å². The van der Waals surface area contributed by atoms with Crippen LogP contribution in [-0.4, -0.2) is 13.2 Å². The van der Waals surface area contributed by atoms with Crippen molar-refractivity contribution in [2.24, 2.45) is 0 Å². The van der Waals surface area contributed by atoms with Crippen molar-refractivity contribution in [2.45, 2.75) is 260 Å². The van der Waals surface area contributed by atoms with Crippen molar-refractivity contribution in [3.63, 3.8) is 0 Å². The molecule has 4 heterocycles. The van der Waals surface area contributed by atoms with E-state index in [0.717, 1.165) is 44.0 Å². The Morgan fingerprint density at radius 1 is 0.368 bits per heavy atom. The Balaban J connectivity index is 1.52. The molecule has 0 amide bonds. The zero-order valence-electron chi connectivity index (χ0n) is 44.7. The number of hydrogen-bond acceptors (Lipinski definition) is 6. The second-order valence-corrected chi connectivity index (χ2v) is 25.1. The summed E-state index contributed by atoms with van der Waals surface area (Å²) in [6, 6.07) is 14.9. The lowest BCUT2D eigenvalue weighted by atomic mass is 9.99. The van der Waals surface area contributed by atoms with Crippen LogP contribution >= 0.6 is 45.3 Å². The van der Waals surface area contributed by atoms with Gasteiger partial charge in [0.25, 0.3) is 0 Å². The third-order valence-corrected chi connectivity index (χ3v) is 19.4. The quantitative estimate of drug-likeness (QED) is 0.0365. The second-order valence-electron chi connectivity index (χ2n) is 20.8. The van der Waals surface area contributed by atoms with E-state index in [0.29, 0.717) is 11.8 Å². The number of rotatable bonds is 39. The van der Waals surface area contributed by atoms with E-state index in [2.05, 4.69) is 91.8 Å². The highest BCUT2D eigenvalue weighted by Crippen LogP contribution is 2.50. The van der Waals surface area contributed by atoms with E-state index in [1.165, 1.54) is 224 Å². The van der Waals surface area contributed by atoms with E-state index in [-0.39, 0.29) is 0 Å². The van der Waals surface area contributed by atoms with E-state index >= 15 is 0 Å². The Morgan fingerprint density at radius 2 is 0.779 bits per heavy atom. The van der Waals surface area contributed by atoms with Crippen LogP contribution in [0.5, 0.6) is 11.5 Å². The zero-order valence-corrected chi connectivity index (χ0v) is 48.0. The lowest BCUT2D eigenvalue weighted by molar-refractivity contribution is 0.298. The van der Waals surface area contributed by atoms with Gasteiger partial charge in [-0.2, -0.15) is 0 Å². The molecule has 380 valence electrons. The van der Waals surface area contributed by atoms with Crippen LogP contribution in [-0.2, 0) is 12.8 Å². The number of benzene rings is 1. The first-order chi connectivity index (χ1) is 33.3. The maximum atomic E-state index is 7.05. The summed E-state index contributed by atoms with van der Waals surface area (Å²) < 4.78 is 17.0. The number of fused-ring (bicyclic) bond motifs is 1. The van der Waals surface area contributed by atoms with Crippen LogP contribution in [0.25, 0.3) is 40.0 Å². The van der Waals surface area contributed by atoms with Gasteiger partial charge in [0.15, 0.2) is 0 Å². The van der Waals surface area contributed by atoms with Crippen molar-refractivity contribution >= 4 is 54.7 Å². The van der Waals surface area contributed by atoms with Gasteiger partial charge in [-0.1, -0.05) is 209 Å². The summed E-state index contributed by atoms with van der Waals surface area (Å²) in [6.07, 6.45) is 39.0. The van der Waals surface area contributed by atoms with Gasteiger partial charge in [0.1, 0.15) is 11.5 Å². The van der Waals surface area contributed by atoms with E-state index in [1.807, 2.05) is 45.3 Å². The summed E-state index contributed by atoms with van der Waals surface area (Å²) in [5, 5.41) is 0. The summed E-state index contributed by atoms with van der Waals surface area (Å²) in [6.45, 7) is 20.2. The Kier molecular flexibility index (Phi) is 27.4. The highest BCUT2D eigenvalue weighted by Gasteiger charge is 2.23. The molecular weight excluding hydrogens is 905 g/mol. The van der Waals surface area contributed by atoms with E-state index in [9.17, 15) is 0 Å². The molecule has 6 heteroatoms.